The van der Waals surface area contributed by atoms with Gasteiger partial charge in [-0.05, 0) is 30.1 Å². The van der Waals surface area contributed by atoms with Gasteiger partial charge in [0.15, 0.2) is 4.77 Å². The maximum Gasteiger partial charge on any atom is 0.272 e. The van der Waals surface area contributed by atoms with Crippen LogP contribution >= 0.6 is 23.6 Å². The predicted octanol–water partition coefficient (Wildman–Crippen LogP) is 4.48. The molecule has 0 aliphatic carbocycles. The highest BCUT2D eigenvalue weighted by Crippen LogP contribution is 2.14. The van der Waals surface area contributed by atoms with Crippen molar-refractivity contribution in [3.8, 4) is 0 Å². The number of H-pyrrole nitrogens is 1. The number of fused-ring (bicyclic) bond motifs is 1. The number of hydrogen-bond donors (Lipinski definition) is 1. The molecule has 3 nitrogen and oxygen atoms in total. The Balaban J connectivity index is 2.00. The summed E-state index contributed by atoms with van der Waals surface area (Å²) >= 11 is 6.74. The Morgan fingerprint density at radius 3 is 2.79 bits per heavy atom. The standard InChI is InChI=1S/C14H20N2OS2/c1-2-3-4-5-6-7-9-16-13(17)12-11(8-10-19-12)15-14(16)18/h8,10H,2-7,9H2,1H3,(H,15,18). The van der Waals surface area contributed by atoms with Crippen molar-refractivity contribution in [3.63, 3.8) is 0 Å². The molecule has 0 bridgehead atoms. The highest BCUT2D eigenvalue weighted by molar-refractivity contribution is 7.71. The molecule has 5 heteroatoms. The first kappa shape index (κ1) is 14.5. The maximum atomic E-state index is 12.3. The monoisotopic (exact) mass is 296 g/mol. The molecule has 19 heavy (non-hydrogen) atoms. The summed E-state index contributed by atoms with van der Waals surface area (Å²) in [6.45, 7) is 2.95. The Morgan fingerprint density at radius 2 is 2.00 bits per heavy atom. The smallest absolute Gasteiger partial charge is 0.272 e. The molecule has 0 aliphatic rings. The number of nitrogens with one attached hydrogen (secondary N) is 1. The van der Waals surface area contributed by atoms with Crippen molar-refractivity contribution in [3.05, 3.63) is 26.6 Å². The van der Waals surface area contributed by atoms with Gasteiger partial charge in [-0.3, -0.25) is 9.36 Å². The fourth-order valence-electron chi connectivity index (χ4n) is 2.22. The van der Waals surface area contributed by atoms with Gasteiger partial charge in [0.05, 0.1) is 5.52 Å². The number of unbranched alkanes of at least 4 members (excludes halogenated alkanes) is 5. The molecule has 1 N–H and O–H groups in total. The second kappa shape index (κ2) is 7.01. The van der Waals surface area contributed by atoms with Gasteiger partial charge in [0.2, 0.25) is 0 Å². The summed E-state index contributed by atoms with van der Waals surface area (Å²) in [5, 5.41) is 1.92. The zero-order chi connectivity index (χ0) is 13.7. The van der Waals surface area contributed by atoms with E-state index in [1.54, 1.807) is 4.57 Å². The number of thiophene rings is 1. The quantitative estimate of drug-likeness (QED) is 0.604. The number of aromatic amines is 1. The lowest BCUT2D eigenvalue weighted by atomic mass is 10.1. The Kier molecular flexibility index (Phi) is 5.34. The molecule has 2 aromatic heterocycles. The summed E-state index contributed by atoms with van der Waals surface area (Å²) in [5.74, 6) is 0. The van der Waals surface area contributed by atoms with Crippen molar-refractivity contribution in [2.24, 2.45) is 0 Å². The largest absolute Gasteiger partial charge is 0.331 e. The zero-order valence-electron chi connectivity index (χ0n) is 11.3. The molecule has 0 aliphatic heterocycles. The molecule has 0 atom stereocenters. The van der Waals surface area contributed by atoms with E-state index in [0.29, 0.717) is 4.77 Å². The first-order valence-corrected chi connectivity index (χ1v) is 8.23. The van der Waals surface area contributed by atoms with Crippen molar-refractivity contribution in [1.29, 1.82) is 0 Å². The van der Waals surface area contributed by atoms with Crippen LogP contribution in [0.1, 0.15) is 45.4 Å². The molecule has 0 saturated heterocycles. The summed E-state index contributed by atoms with van der Waals surface area (Å²) in [6, 6.07) is 1.91. The van der Waals surface area contributed by atoms with E-state index in [2.05, 4.69) is 11.9 Å². The number of hydrogen-bond acceptors (Lipinski definition) is 3. The lowest BCUT2D eigenvalue weighted by Crippen LogP contribution is -2.21. The van der Waals surface area contributed by atoms with Gasteiger partial charge < -0.3 is 4.98 Å². The molecule has 104 valence electrons. The second-order valence-electron chi connectivity index (χ2n) is 4.82. The van der Waals surface area contributed by atoms with Crippen molar-refractivity contribution >= 4 is 33.8 Å². The minimum atomic E-state index is 0.0577. The third kappa shape index (κ3) is 3.54. The molecular formula is C14H20N2OS2. The van der Waals surface area contributed by atoms with E-state index in [9.17, 15) is 4.79 Å². The minimum absolute atomic E-state index is 0.0577. The summed E-state index contributed by atoms with van der Waals surface area (Å²) in [4.78, 5) is 15.4. The number of rotatable bonds is 7. The normalized spacial score (nSPS) is 11.2. The maximum absolute atomic E-state index is 12.3. The lowest BCUT2D eigenvalue weighted by molar-refractivity contribution is 0.544. The molecule has 0 saturated carbocycles. The first-order valence-electron chi connectivity index (χ1n) is 6.94. The number of aromatic nitrogens is 2. The average molecular weight is 296 g/mol. The SMILES string of the molecule is CCCCCCCCn1c(=S)[nH]c2ccsc2c1=O. The van der Waals surface area contributed by atoms with Crippen LogP contribution in [0.2, 0.25) is 0 Å². The van der Waals surface area contributed by atoms with Crippen molar-refractivity contribution in [2.45, 2.75) is 52.0 Å². The average Bonchev–Trinajstić information content (AvgIpc) is 2.85. The van der Waals surface area contributed by atoms with Gasteiger partial charge >= 0.3 is 0 Å². The first-order chi connectivity index (χ1) is 9.24. The molecule has 2 heterocycles. The Labute approximate surface area is 122 Å². The van der Waals surface area contributed by atoms with Gasteiger partial charge in [0.25, 0.3) is 5.56 Å². The lowest BCUT2D eigenvalue weighted by Gasteiger charge is -2.06. The third-order valence-electron chi connectivity index (χ3n) is 3.33. The van der Waals surface area contributed by atoms with E-state index in [1.165, 1.54) is 43.4 Å². The summed E-state index contributed by atoms with van der Waals surface area (Å²) in [6.07, 6.45) is 7.31. The van der Waals surface area contributed by atoms with Crippen LogP contribution in [0, 0.1) is 4.77 Å². The third-order valence-corrected chi connectivity index (χ3v) is 4.55. The number of nitrogens with zero attached hydrogens (tertiary/aromatic N) is 1. The van der Waals surface area contributed by atoms with Gasteiger partial charge in [-0.15, -0.1) is 11.3 Å². The Morgan fingerprint density at radius 1 is 1.26 bits per heavy atom. The van der Waals surface area contributed by atoms with Crippen molar-refractivity contribution < 1.29 is 0 Å². The zero-order valence-corrected chi connectivity index (χ0v) is 12.9. The molecular weight excluding hydrogens is 276 g/mol. The molecule has 0 radical (unpaired) electrons. The van der Waals surface area contributed by atoms with E-state index < -0.39 is 0 Å². The van der Waals surface area contributed by atoms with Gasteiger partial charge in [-0.1, -0.05) is 39.0 Å². The van der Waals surface area contributed by atoms with Crippen LogP contribution in [0.4, 0.5) is 0 Å². The summed E-state index contributed by atoms with van der Waals surface area (Å²) < 4.78 is 3.03. The summed E-state index contributed by atoms with van der Waals surface area (Å²) in [7, 11) is 0. The van der Waals surface area contributed by atoms with Gasteiger partial charge in [0, 0.05) is 6.54 Å². The molecule has 0 spiro atoms. The van der Waals surface area contributed by atoms with Crippen LogP contribution in [0.3, 0.4) is 0 Å². The van der Waals surface area contributed by atoms with Crippen LogP contribution in [0.15, 0.2) is 16.2 Å². The van der Waals surface area contributed by atoms with E-state index >= 15 is 0 Å². The fraction of sp³-hybridized carbons (Fsp3) is 0.571. The van der Waals surface area contributed by atoms with Gasteiger partial charge in [0.1, 0.15) is 4.70 Å². The van der Waals surface area contributed by atoms with Gasteiger partial charge in [-0.25, -0.2) is 0 Å². The fourth-order valence-corrected chi connectivity index (χ4v) is 3.31. The van der Waals surface area contributed by atoms with E-state index in [1.807, 2.05) is 11.4 Å². The molecule has 2 rings (SSSR count). The van der Waals surface area contributed by atoms with Gasteiger partial charge in [-0.2, -0.15) is 0 Å². The van der Waals surface area contributed by atoms with Crippen LogP contribution < -0.4 is 5.56 Å². The Bertz CT molecular complexity index is 639. The van der Waals surface area contributed by atoms with E-state index in [4.69, 9.17) is 12.2 Å². The highest BCUT2D eigenvalue weighted by atomic mass is 32.1. The topological polar surface area (TPSA) is 37.8 Å². The predicted molar refractivity (Wildman–Crippen MR) is 84.6 cm³/mol. The van der Waals surface area contributed by atoms with E-state index in [-0.39, 0.29) is 5.56 Å². The van der Waals surface area contributed by atoms with E-state index in [0.717, 1.165) is 23.2 Å². The van der Waals surface area contributed by atoms with Crippen LogP contribution in [0.5, 0.6) is 0 Å². The molecule has 0 aromatic carbocycles. The van der Waals surface area contributed by atoms with Crippen molar-refractivity contribution in [1.82, 2.24) is 9.55 Å². The van der Waals surface area contributed by atoms with Crippen LogP contribution in [-0.4, -0.2) is 9.55 Å². The Hall–Kier alpha value is -0.940. The molecule has 0 fully saturated rings. The van der Waals surface area contributed by atoms with Crippen LogP contribution in [-0.2, 0) is 6.54 Å². The van der Waals surface area contributed by atoms with Crippen molar-refractivity contribution in [2.75, 3.05) is 0 Å². The minimum Gasteiger partial charge on any atom is -0.331 e. The molecule has 0 amide bonds. The second-order valence-corrected chi connectivity index (χ2v) is 6.12. The van der Waals surface area contributed by atoms with Crippen LogP contribution in [0.25, 0.3) is 10.2 Å². The molecule has 2 aromatic rings. The molecule has 0 unspecified atom stereocenters. The summed E-state index contributed by atoms with van der Waals surface area (Å²) in [5.41, 5.74) is 0.918. The highest BCUT2D eigenvalue weighted by Gasteiger charge is 2.06.